The quantitative estimate of drug-likeness (QED) is 0.893. The van der Waals surface area contributed by atoms with E-state index in [0.717, 1.165) is 35.9 Å². The molecular formula is C16H20N2O. The van der Waals surface area contributed by atoms with Gasteiger partial charge in [-0.15, -0.1) is 0 Å². The van der Waals surface area contributed by atoms with Gasteiger partial charge < -0.3 is 10.0 Å². The van der Waals surface area contributed by atoms with Gasteiger partial charge in [-0.1, -0.05) is 24.3 Å². The fraction of sp³-hybridized carbons (Fsp3) is 0.438. The van der Waals surface area contributed by atoms with Crippen LogP contribution in [-0.2, 0) is 6.61 Å². The van der Waals surface area contributed by atoms with Crippen LogP contribution < -0.4 is 4.90 Å². The second-order valence-electron chi connectivity index (χ2n) is 5.30. The van der Waals surface area contributed by atoms with Crippen LogP contribution in [0, 0.1) is 5.92 Å². The minimum absolute atomic E-state index is 0.00117. The first kappa shape index (κ1) is 12.4. The van der Waals surface area contributed by atoms with Crippen LogP contribution in [0.5, 0.6) is 0 Å². The standard InChI is InChI=1S/C16H20N2O/c1-2-18(10-12-7-8-12)16-15-6-4-3-5-13(15)9-14(11-19)17-16/h3-6,9,12,19H,2,7-8,10-11H2,1H3. The Morgan fingerprint density at radius 2 is 2.11 bits per heavy atom. The third-order valence-corrected chi connectivity index (χ3v) is 3.79. The highest BCUT2D eigenvalue weighted by molar-refractivity contribution is 5.92. The first-order valence-electron chi connectivity index (χ1n) is 7.06. The molecule has 19 heavy (non-hydrogen) atoms. The average Bonchev–Trinajstić information content (AvgIpc) is 3.27. The summed E-state index contributed by atoms with van der Waals surface area (Å²) in [5.74, 6) is 1.86. The Morgan fingerprint density at radius 1 is 1.32 bits per heavy atom. The lowest BCUT2D eigenvalue weighted by Crippen LogP contribution is -2.26. The molecule has 0 atom stereocenters. The van der Waals surface area contributed by atoms with Crippen molar-refractivity contribution in [1.29, 1.82) is 0 Å². The van der Waals surface area contributed by atoms with Gasteiger partial charge in [-0.2, -0.15) is 0 Å². The summed E-state index contributed by atoms with van der Waals surface area (Å²) in [5, 5.41) is 11.7. The van der Waals surface area contributed by atoms with Crippen molar-refractivity contribution in [3.63, 3.8) is 0 Å². The predicted molar refractivity (Wildman–Crippen MR) is 78.3 cm³/mol. The number of pyridine rings is 1. The third kappa shape index (κ3) is 2.56. The van der Waals surface area contributed by atoms with Crippen LogP contribution in [0.1, 0.15) is 25.5 Å². The molecule has 3 rings (SSSR count). The number of aromatic nitrogens is 1. The van der Waals surface area contributed by atoms with Crippen molar-refractivity contribution in [2.75, 3.05) is 18.0 Å². The van der Waals surface area contributed by atoms with Gasteiger partial charge in [-0.25, -0.2) is 4.98 Å². The summed E-state index contributed by atoms with van der Waals surface area (Å²) < 4.78 is 0. The SMILES string of the molecule is CCN(CC1CC1)c1nc(CO)cc2ccccc12. The van der Waals surface area contributed by atoms with Gasteiger partial charge in [0, 0.05) is 18.5 Å². The Bertz CT molecular complexity index is 578. The van der Waals surface area contributed by atoms with Crippen LogP contribution in [0.15, 0.2) is 30.3 Å². The van der Waals surface area contributed by atoms with Gasteiger partial charge in [-0.05, 0) is 37.1 Å². The van der Waals surface area contributed by atoms with Crippen LogP contribution in [-0.4, -0.2) is 23.2 Å². The molecule has 0 amide bonds. The van der Waals surface area contributed by atoms with Crippen LogP contribution in [0.2, 0.25) is 0 Å². The molecule has 3 nitrogen and oxygen atoms in total. The third-order valence-electron chi connectivity index (χ3n) is 3.79. The number of hydrogen-bond acceptors (Lipinski definition) is 3. The molecule has 1 heterocycles. The molecule has 1 fully saturated rings. The van der Waals surface area contributed by atoms with Crippen molar-refractivity contribution in [2.24, 2.45) is 5.92 Å². The Morgan fingerprint density at radius 3 is 2.79 bits per heavy atom. The normalized spacial score (nSPS) is 14.8. The van der Waals surface area contributed by atoms with Gasteiger partial charge in [-0.3, -0.25) is 0 Å². The van der Waals surface area contributed by atoms with Crippen molar-refractivity contribution >= 4 is 16.6 Å². The van der Waals surface area contributed by atoms with E-state index in [0.29, 0.717) is 0 Å². The summed E-state index contributed by atoms with van der Waals surface area (Å²) in [6.45, 7) is 4.22. The Kier molecular flexibility index (Phi) is 3.38. The first-order valence-corrected chi connectivity index (χ1v) is 7.06. The van der Waals surface area contributed by atoms with Crippen LogP contribution >= 0.6 is 0 Å². The summed E-state index contributed by atoms with van der Waals surface area (Å²) in [7, 11) is 0. The molecule has 0 radical (unpaired) electrons. The first-order chi connectivity index (χ1) is 9.31. The van der Waals surface area contributed by atoms with E-state index >= 15 is 0 Å². The van der Waals surface area contributed by atoms with Gasteiger partial charge in [0.15, 0.2) is 0 Å². The van der Waals surface area contributed by atoms with E-state index in [2.05, 4.69) is 35.0 Å². The van der Waals surface area contributed by atoms with Crippen molar-refractivity contribution < 1.29 is 5.11 Å². The second kappa shape index (κ2) is 5.17. The van der Waals surface area contributed by atoms with E-state index in [1.807, 2.05) is 12.1 Å². The molecule has 100 valence electrons. The molecule has 1 aromatic carbocycles. The Labute approximate surface area is 113 Å². The lowest BCUT2D eigenvalue weighted by atomic mass is 10.1. The Balaban J connectivity index is 2.07. The topological polar surface area (TPSA) is 36.4 Å². The number of benzene rings is 1. The minimum Gasteiger partial charge on any atom is -0.390 e. The van der Waals surface area contributed by atoms with E-state index in [1.54, 1.807) is 0 Å². The highest BCUT2D eigenvalue weighted by atomic mass is 16.3. The molecule has 0 aliphatic heterocycles. The largest absolute Gasteiger partial charge is 0.390 e. The number of aliphatic hydroxyl groups excluding tert-OH is 1. The molecule has 1 N–H and O–H groups in total. The summed E-state index contributed by atoms with van der Waals surface area (Å²) in [6, 6.07) is 10.3. The van der Waals surface area contributed by atoms with Crippen molar-refractivity contribution in [3.05, 3.63) is 36.0 Å². The molecule has 0 bridgehead atoms. The second-order valence-corrected chi connectivity index (χ2v) is 5.30. The molecular weight excluding hydrogens is 236 g/mol. The predicted octanol–water partition coefficient (Wildman–Crippen LogP) is 2.96. The van der Waals surface area contributed by atoms with Crippen molar-refractivity contribution in [1.82, 2.24) is 4.98 Å². The van der Waals surface area contributed by atoms with Crippen LogP contribution in [0.4, 0.5) is 5.82 Å². The molecule has 1 aliphatic rings. The highest BCUT2D eigenvalue weighted by Gasteiger charge is 2.25. The summed E-state index contributed by atoms with van der Waals surface area (Å²) in [6.07, 6.45) is 2.68. The number of hydrogen-bond donors (Lipinski definition) is 1. The molecule has 1 saturated carbocycles. The number of rotatable bonds is 5. The van der Waals surface area contributed by atoms with E-state index < -0.39 is 0 Å². The lowest BCUT2D eigenvalue weighted by Gasteiger charge is -2.24. The molecule has 0 saturated heterocycles. The zero-order valence-electron chi connectivity index (χ0n) is 11.3. The van der Waals surface area contributed by atoms with Gasteiger partial charge in [0.05, 0.1) is 12.3 Å². The fourth-order valence-electron chi connectivity index (χ4n) is 2.53. The smallest absolute Gasteiger partial charge is 0.136 e. The van der Waals surface area contributed by atoms with Gasteiger partial charge in [0.25, 0.3) is 0 Å². The van der Waals surface area contributed by atoms with E-state index in [-0.39, 0.29) is 6.61 Å². The van der Waals surface area contributed by atoms with Crippen LogP contribution in [0.25, 0.3) is 10.8 Å². The Hall–Kier alpha value is -1.61. The minimum atomic E-state index is -0.00117. The lowest BCUT2D eigenvalue weighted by molar-refractivity contribution is 0.277. The number of nitrogens with zero attached hydrogens (tertiary/aromatic N) is 2. The molecule has 1 aliphatic carbocycles. The van der Waals surface area contributed by atoms with Gasteiger partial charge in [0.1, 0.15) is 5.82 Å². The zero-order chi connectivity index (χ0) is 13.2. The summed E-state index contributed by atoms with van der Waals surface area (Å²) >= 11 is 0. The maximum Gasteiger partial charge on any atom is 0.136 e. The van der Waals surface area contributed by atoms with E-state index in [1.165, 1.54) is 18.2 Å². The van der Waals surface area contributed by atoms with Crippen molar-refractivity contribution in [2.45, 2.75) is 26.4 Å². The van der Waals surface area contributed by atoms with Crippen molar-refractivity contribution in [3.8, 4) is 0 Å². The molecule has 1 aromatic heterocycles. The van der Waals surface area contributed by atoms with Gasteiger partial charge >= 0.3 is 0 Å². The van der Waals surface area contributed by atoms with E-state index in [4.69, 9.17) is 0 Å². The van der Waals surface area contributed by atoms with Gasteiger partial charge in [0.2, 0.25) is 0 Å². The number of fused-ring (bicyclic) bond motifs is 1. The highest BCUT2D eigenvalue weighted by Crippen LogP contribution is 2.33. The fourth-order valence-corrected chi connectivity index (χ4v) is 2.53. The summed E-state index contributed by atoms with van der Waals surface area (Å²) in [4.78, 5) is 6.99. The average molecular weight is 256 g/mol. The maximum absolute atomic E-state index is 9.39. The maximum atomic E-state index is 9.39. The number of anilines is 1. The molecule has 2 aromatic rings. The monoisotopic (exact) mass is 256 g/mol. The molecule has 0 unspecified atom stereocenters. The van der Waals surface area contributed by atoms with Crippen LogP contribution in [0.3, 0.4) is 0 Å². The molecule has 3 heteroatoms. The zero-order valence-corrected chi connectivity index (χ0v) is 11.3. The molecule has 0 spiro atoms. The van der Waals surface area contributed by atoms with E-state index in [9.17, 15) is 5.11 Å². The summed E-state index contributed by atoms with van der Waals surface area (Å²) in [5.41, 5.74) is 0.753. The number of aliphatic hydroxyl groups is 1.